The van der Waals surface area contributed by atoms with Crippen LogP contribution in [-0.4, -0.2) is 51.8 Å². The normalized spacial score (nSPS) is 18.8. The van der Waals surface area contributed by atoms with Crippen LogP contribution in [0.1, 0.15) is 71.9 Å². The number of ether oxygens (including phenoxy) is 2. The van der Waals surface area contributed by atoms with Gasteiger partial charge in [-0.15, -0.1) is 0 Å². The maximum Gasteiger partial charge on any atom is 0.427 e. The second-order valence-electron chi connectivity index (χ2n) is 13.2. The van der Waals surface area contributed by atoms with Crippen LogP contribution in [0.4, 0.5) is 19.7 Å². The van der Waals surface area contributed by atoms with E-state index in [1.54, 1.807) is 46.4 Å². The Labute approximate surface area is 258 Å². The number of halogens is 2. The average Bonchev–Trinajstić information content (AvgIpc) is 3.66. The molecule has 2 aromatic carbocycles. The standard InChI is InChI=1S/C31H37ClFN5O6/c1-30(2,3)43-27(40)34-22-16-36(15-20(22)17-10-8-7-9-11-17)25-21(33)14-19-24(23(25)32)37(18-12-13-18)29(42)38(26(19)39)35-28(41)44-31(4,5)6/h7-11,14,18,20,22H,12-13,15-16H2,1-6H3,(H,34,40)(H,35,41)/t20-,22+/m1/s1. The van der Waals surface area contributed by atoms with Crippen molar-refractivity contribution in [2.75, 3.05) is 23.4 Å². The summed E-state index contributed by atoms with van der Waals surface area (Å²) in [5, 5.41) is 2.66. The quantitative estimate of drug-likeness (QED) is 0.394. The molecular weight excluding hydrogens is 593 g/mol. The van der Waals surface area contributed by atoms with Crippen molar-refractivity contribution in [2.45, 2.75) is 83.6 Å². The fourth-order valence-corrected chi connectivity index (χ4v) is 5.89. The van der Waals surface area contributed by atoms with Crippen molar-refractivity contribution < 1.29 is 23.5 Å². The Morgan fingerprint density at radius 2 is 1.57 bits per heavy atom. The van der Waals surface area contributed by atoms with Crippen molar-refractivity contribution in [3.8, 4) is 0 Å². The van der Waals surface area contributed by atoms with Crippen molar-refractivity contribution in [3.05, 3.63) is 73.6 Å². The third-order valence-corrected chi connectivity index (χ3v) is 7.68. The highest BCUT2D eigenvalue weighted by Crippen LogP contribution is 2.42. The van der Waals surface area contributed by atoms with Gasteiger partial charge in [-0.2, -0.15) is 4.68 Å². The van der Waals surface area contributed by atoms with E-state index in [2.05, 4.69) is 10.7 Å². The summed E-state index contributed by atoms with van der Waals surface area (Å²) < 4.78 is 28.6. The van der Waals surface area contributed by atoms with Gasteiger partial charge in [-0.05, 0) is 66.0 Å². The van der Waals surface area contributed by atoms with Crippen molar-refractivity contribution in [1.82, 2.24) is 14.6 Å². The van der Waals surface area contributed by atoms with Crippen LogP contribution in [0.5, 0.6) is 0 Å². The van der Waals surface area contributed by atoms with E-state index in [0.717, 1.165) is 11.6 Å². The van der Waals surface area contributed by atoms with Crippen LogP contribution >= 0.6 is 11.6 Å². The SMILES string of the molecule is CC(C)(C)OC(=O)N[C@H]1CN(c2c(F)cc3c(=O)n(NC(=O)OC(C)(C)C)c(=O)n(C4CC4)c3c2Cl)C[C@@H]1c1ccccc1. The summed E-state index contributed by atoms with van der Waals surface area (Å²) >= 11 is 6.91. The molecule has 13 heteroatoms. The van der Waals surface area contributed by atoms with Crippen LogP contribution in [0.25, 0.3) is 10.9 Å². The molecule has 11 nitrogen and oxygen atoms in total. The number of amides is 2. The first kappa shape index (κ1) is 31.4. The summed E-state index contributed by atoms with van der Waals surface area (Å²) in [6.45, 7) is 10.7. The smallest absolute Gasteiger partial charge is 0.427 e. The molecule has 2 amide bonds. The summed E-state index contributed by atoms with van der Waals surface area (Å²) in [4.78, 5) is 54.0. The highest BCUT2D eigenvalue weighted by molar-refractivity contribution is 6.38. The predicted molar refractivity (Wildman–Crippen MR) is 166 cm³/mol. The molecule has 0 bridgehead atoms. The van der Waals surface area contributed by atoms with Crippen molar-refractivity contribution in [3.63, 3.8) is 0 Å². The number of benzene rings is 2. The molecule has 1 aliphatic heterocycles. The van der Waals surface area contributed by atoms with Gasteiger partial charge in [0.05, 0.1) is 27.7 Å². The lowest BCUT2D eigenvalue weighted by molar-refractivity contribution is 0.0503. The number of alkyl carbamates (subject to hydrolysis) is 1. The lowest BCUT2D eigenvalue weighted by Gasteiger charge is -2.24. The molecule has 0 spiro atoms. The lowest BCUT2D eigenvalue weighted by Crippen LogP contribution is -2.48. The number of carbonyl (C=O) groups excluding carboxylic acids is 2. The summed E-state index contributed by atoms with van der Waals surface area (Å²) in [6, 6.07) is 9.81. The molecule has 0 radical (unpaired) electrons. The summed E-state index contributed by atoms with van der Waals surface area (Å²) in [5.41, 5.74) is -0.113. The van der Waals surface area contributed by atoms with Crippen LogP contribution in [0.3, 0.4) is 0 Å². The fourth-order valence-electron chi connectivity index (χ4n) is 5.49. The Morgan fingerprint density at radius 1 is 0.955 bits per heavy atom. The van der Waals surface area contributed by atoms with Crippen LogP contribution in [0, 0.1) is 5.82 Å². The van der Waals surface area contributed by atoms with Gasteiger partial charge in [0, 0.05) is 25.0 Å². The summed E-state index contributed by atoms with van der Waals surface area (Å²) in [5.74, 6) is -1.03. The van der Waals surface area contributed by atoms with E-state index >= 15 is 4.39 Å². The molecule has 1 aliphatic carbocycles. The Hall–Kier alpha value is -4.06. The number of nitrogens with one attached hydrogen (secondary N) is 2. The average molecular weight is 630 g/mol. The monoisotopic (exact) mass is 629 g/mol. The van der Waals surface area contributed by atoms with E-state index in [-0.39, 0.29) is 46.7 Å². The van der Waals surface area contributed by atoms with Gasteiger partial charge in [-0.1, -0.05) is 41.9 Å². The number of carbonyl (C=O) groups is 2. The Kier molecular flexibility index (Phi) is 8.17. The maximum atomic E-state index is 16.0. The zero-order valence-electron chi connectivity index (χ0n) is 25.6. The minimum absolute atomic E-state index is 0.0136. The highest BCUT2D eigenvalue weighted by atomic mass is 35.5. The van der Waals surface area contributed by atoms with Gasteiger partial charge in [0.1, 0.15) is 17.0 Å². The topological polar surface area (TPSA) is 124 Å². The van der Waals surface area contributed by atoms with Gasteiger partial charge in [0.15, 0.2) is 0 Å². The first-order valence-electron chi connectivity index (χ1n) is 14.5. The molecule has 2 N–H and O–H groups in total. The zero-order chi connectivity index (χ0) is 32.1. The van der Waals surface area contributed by atoms with Gasteiger partial charge in [0.25, 0.3) is 5.56 Å². The van der Waals surface area contributed by atoms with Gasteiger partial charge in [-0.3, -0.25) is 9.36 Å². The molecule has 1 saturated heterocycles. The number of nitrogens with zero attached hydrogens (tertiary/aromatic N) is 3. The van der Waals surface area contributed by atoms with Crippen LogP contribution in [-0.2, 0) is 9.47 Å². The maximum absolute atomic E-state index is 16.0. The van der Waals surface area contributed by atoms with E-state index in [1.165, 1.54) is 4.57 Å². The zero-order valence-corrected chi connectivity index (χ0v) is 26.3. The molecule has 1 saturated carbocycles. The molecule has 2 atom stereocenters. The first-order valence-corrected chi connectivity index (χ1v) is 14.9. The molecular formula is C31H37ClFN5O6. The molecule has 1 aromatic heterocycles. The van der Waals surface area contributed by atoms with Crippen LogP contribution in [0.2, 0.25) is 5.02 Å². The number of rotatable bonds is 5. The summed E-state index contributed by atoms with van der Waals surface area (Å²) in [6.07, 6.45) is -0.320. The van der Waals surface area contributed by atoms with Gasteiger partial charge >= 0.3 is 17.9 Å². The number of fused-ring (bicyclic) bond motifs is 1. The van der Waals surface area contributed by atoms with E-state index in [9.17, 15) is 19.2 Å². The molecule has 44 heavy (non-hydrogen) atoms. The molecule has 3 aromatic rings. The van der Waals surface area contributed by atoms with Gasteiger partial charge < -0.3 is 19.7 Å². The lowest BCUT2D eigenvalue weighted by atomic mass is 9.94. The van der Waals surface area contributed by atoms with E-state index in [0.29, 0.717) is 17.5 Å². The largest absolute Gasteiger partial charge is 0.444 e. The van der Waals surface area contributed by atoms with Gasteiger partial charge in [0.2, 0.25) is 0 Å². The molecule has 5 rings (SSSR count). The molecule has 2 fully saturated rings. The fraction of sp³-hybridized carbons (Fsp3) is 0.484. The Bertz CT molecular complexity index is 1720. The van der Waals surface area contributed by atoms with E-state index < -0.39 is 46.5 Å². The Balaban J connectivity index is 1.58. The highest BCUT2D eigenvalue weighted by Gasteiger charge is 2.39. The van der Waals surface area contributed by atoms with Crippen molar-refractivity contribution >= 4 is 40.4 Å². The molecule has 236 valence electrons. The van der Waals surface area contributed by atoms with E-state index in [4.69, 9.17) is 21.1 Å². The number of hydrogen-bond acceptors (Lipinski definition) is 7. The molecule has 2 aliphatic rings. The first-order chi connectivity index (χ1) is 20.5. The number of hydrogen-bond donors (Lipinski definition) is 2. The van der Waals surface area contributed by atoms with Crippen molar-refractivity contribution in [2.24, 2.45) is 0 Å². The molecule has 2 heterocycles. The van der Waals surface area contributed by atoms with Crippen LogP contribution < -0.4 is 26.9 Å². The molecule has 0 unspecified atom stereocenters. The summed E-state index contributed by atoms with van der Waals surface area (Å²) in [7, 11) is 0. The third kappa shape index (κ3) is 6.54. The Morgan fingerprint density at radius 3 is 2.16 bits per heavy atom. The van der Waals surface area contributed by atoms with E-state index in [1.807, 2.05) is 30.3 Å². The minimum Gasteiger partial charge on any atom is -0.444 e. The minimum atomic E-state index is -1.01. The van der Waals surface area contributed by atoms with Crippen molar-refractivity contribution in [1.29, 1.82) is 0 Å². The van der Waals surface area contributed by atoms with Crippen LogP contribution in [0.15, 0.2) is 46.0 Å². The third-order valence-electron chi connectivity index (χ3n) is 7.32. The number of aromatic nitrogens is 2. The second-order valence-corrected chi connectivity index (χ2v) is 13.6. The van der Waals surface area contributed by atoms with Gasteiger partial charge in [-0.25, -0.2) is 24.2 Å². The predicted octanol–water partition coefficient (Wildman–Crippen LogP) is 5.27. The second kappa shape index (κ2) is 11.5. The number of anilines is 1.